The molecule has 0 saturated heterocycles. The molecule has 2 aromatic heterocycles. The van der Waals surface area contributed by atoms with Crippen LogP contribution in [0.5, 0.6) is 5.75 Å². The normalized spacial score (nSPS) is 10.9. The molecule has 4 nitrogen and oxygen atoms in total. The summed E-state index contributed by atoms with van der Waals surface area (Å²) in [5.41, 5.74) is 2.44. The van der Waals surface area contributed by atoms with Crippen molar-refractivity contribution >= 4 is 45.6 Å². The number of carbonyl (C=O) groups is 2. The van der Waals surface area contributed by atoms with Gasteiger partial charge in [0.25, 0.3) is 0 Å². The smallest absolute Gasteiger partial charge is 0.310 e. The van der Waals surface area contributed by atoms with Crippen molar-refractivity contribution in [1.82, 2.24) is 4.98 Å². The number of esters is 1. The second kappa shape index (κ2) is 7.62. The summed E-state index contributed by atoms with van der Waals surface area (Å²) in [5, 5.41) is 3.18. The first-order valence-corrected chi connectivity index (χ1v) is 10.0. The van der Waals surface area contributed by atoms with Crippen molar-refractivity contribution in [2.24, 2.45) is 0 Å². The molecule has 0 radical (unpaired) electrons. The second-order valence-electron chi connectivity index (χ2n) is 6.23. The van der Waals surface area contributed by atoms with E-state index in [2.05, 4.69) is 4.98 Å². The van der Waals surface area contributed by atoms with E-state index in [1.807, 2.05) is 29.6 Å². The minimum Gasteiger partial charge on any atom is -0.423 e. The van der Waals surface area contributed by atoms with Crippen molar-refractivity contribution in [1.29, 1.82) is 0 Å². The number of aromatic amines is 1. The quantitative estimate of drug-likeness (QED) is 0.320. The third kappa shape index (κ3) is 3.46. The van der Waals surface area contributed by atoms with Crippen molar-refractivity contribution in [3.63, 3.8) is 0 Å². The lowest BCUT2D eigenvalue weighted by molar-refractivity contribution is -0.133. The van der Waals surface area contributed by atoms with Crippen LogP contribution >= 0.6 is 22.9 Å². The van der Waals surface area contributed by atoms with Crippen LogP contribution in [-0.4, -0.2) is 16.7 Å². The molecule has 0 fully saturated rings. The standard InChI is InChI=1S/C22H16ClNO3S/c1-2-19(25)27-22-16-10-9-15(23)12-17(16)24-20(22)21(26)14-7-5-13(6-8-14)18-4-3-11-28-18/h3-12,24H,2H2,1H3. The maximum absolute atomic E-state index is 13.1. The van der Waals surface area contributed by atoms with Crippen LogP contribution in [-0.2, 0) is 4.79 Å². The summed E-state index contributed by atoms with van der Waals surface area (Å²) in [6.07, 6.45) is 0.212. The zero-order chi connectivity index (χ0) is 19.7. The second-order valence-corrected chi connectivity index (χ2v) is 7.61. The number of ketones is 1. The fourth-order valence-electron chi connectivity index (χ4n) is 2.97. The topological polar surface area (TPSA) is 59.2 Å². The van der Waals surface area contributed by atoms with Gasteiger partial charge in [-0.3, -0.25) is 9.59 Å². The molecular weight excluding hydrogens is 394 g/mol. The summed E-state index contributed by atoms with van der Waals surface area (Å²) in [5.74, 6) is -0.409. The van der Waals surface area contributed by atoms with E-state index in [0.29, 0.717) is 21.5 Å². The highest BCUT2D eigenvalue weighted by molar-refractivity contribution is 7.13. The first kappa shape index (κ1) is 18.5. The van der Waals surface area contributed by atoms with Crippen LogP contribution in [0.4, 0.5) is 0 Å². The molecule has 140 valence electrons. The summed E-state index contributed by atoms with van der Waals surface area (Å²) >= 11 is 7.71. The molecule has 2 aromatic carbocycles. The van der Waals surface area contributed by atoms with Gasteiger partial charge in [-0.25, -0.2) is 0 Å². The first-order chi connectivity index (χ1) is 13.6. The summed E-state index contributed by atoms with van der Waals surface area (Å²) in [7, 11) is 0. The molecule has 0 bridgehead atoms. The van der Waals surface area contributed by atoms with Gasteiger partial charge in [-0.05, 0) is 35.2 Å². The Morgan fingerprint density at radius 1 is 1.11 bits per heavy atom. The minimum absolute atomic E-state index is 0.212. The molecule has 0 aliphatic heterocycles. The molecule has 2 heterocycles. The monoisotopic (exact) mass is 409 g/mol. The highest BCUT2D eigenvalue weighted by Gasteiger charge is 2.22. The predicted molar refractivity (Wildman–Crippen MR) is 112 cm³/mol. The van der Waals surface area contributed by atoms with Gasteiger partial charge in [0.15, 0.2) is 5.75 Å². The average Bonchev–Trinajstić information content (AvgIpc) is 3.36. The molecule has 0 atom stereocenters. The number of H-pyrrole nitrogens is 1. The van der Waals surface area contributed by atoms with Crippen molar-refractivity contribution in [2.75, 3.05) is 0 Å². The Balaban J connectivity index is 1.75. The Morgan fingerprint density at radius 2 is 1.89 bits per heavy atom. The van der Waals surface area contributed by atoms with E-state index in [1.54, 1.807) is 48.6 Å². The van der Waals surface area contributed by atoms with Crippen LogP contribution in [0.25, 0.3) is 21.3 Å². The highest BCUT2D eigenvalue weighted by atomic mass is 35.5. The van der Waals surface area contributed by atoms with E-state index in [4.69, 9.17) is 16.3 Å². The van der Waals surface area contributed by atoms with Gasteiger partial charge in [-0.15, -0.1) is 11.3 Å². The van der Waals surface area contributed by atoms with Crippen LogP contribution in [0.15, 0.2) is 60.0 Å². The van der Waals surface area contributed by atoms with E-state index < -0.39 is 5.97 Å². The molecular formula is C22H16ClNO3S. The third-order valence-electron chi connectivity index (χ3n) is 4.40. The van der Waals surface area contributed by atoms with Gasteiger partial charge < -0.3 is 9.72 Å². The van der Waals surface area contributed by atoms with E-state index in [1.165, 1.54) is 0 Å². The van der Waals surface area contributed by atoms with Gasteiger partial charge in [-0.1, -0.05) is 48.9 Å². The molecule has 0 saturated carbocycles. The van der Waals surface area contributed by atoms with Crippen LogP contribution < -0.4 is 4.74 Å². The molecule has 1 N–H and O–H groups in total. The highest BCUT2D eigenvalue weighted by Crippen LogP contribution is 2.34. The fraction of sp³-hybridized carbons (Fsp3) is 0.0909. The van der Waals surface area contributed by atoms with Gasteiger partial charge >= 0.3 is 5.97 Å². The Bertz CT molecular complexity index is 1160. The summed E-state index contributed by atoms with van der Waals surface area (Å²) in [6, 6.07) is 16.6. The molecule has 0 amide bonds. The van der Waals surface area contributed by atoms with Gasteiger partial charge in [-0.2, -0.15) is 0 Å². The summed E-state index contributed by atoms with van der Waals surface area (Å²) in [4.78, 5) is 29.2. The van der Waals surface area contributed by atoms with Crippen molar-refractivity contribution in [3.05, 3.63) is 76.3 Å². The number of rotatable bonds is 5. The zero-order valence-electron chi connectivity index (χ0n) is 15.0. The van der Waals surface area contributed by atoms with Crippen molar-refractivity contribution < 1.29 is 14.3 Å². The van der Waals surface area contributed by atoms with Gasteiger partial charge in [0.05, 0.1) is 5.52 Å². The number of nitrogens with one attached hydrogen (secondary N) is 1. The number of halogens is 1. The van der Waals surface area contributed by atoms with Gasteiger partial charge in [0.2, 0.25) is 5.78 Å². The van der Waals surface area contributed by atoms with Crippen LogP contribution in [0.3, 0.4) is 0 Å². The zero-order valence-corrected chi connectivity index (χ0v) is 16.6. The number of ether oxygens (including phenoxy) is 1. The lowest BCUT2D eigenvalue weighted by Crippen LogP contribution is -2.10. The summed E-state index contributed by atoms with van der Waals surface area (Å²) in [6.45, 7) is 1.71. The summed E-state index contributed by atoms with van der Waals surface area (Å²) < 4.78 is 5.48. The largest absolute Gasteiger partial charge is 0.423 e. The van der Waals surface area contributed by atoms with Gasteiger partial charge in [0, 0.05) is 27.3 Å². The Kier molecular flexibility index (Phi) is 5.03. The Morgan fingerprint density at radius 3 is 2.57 bits per heavy atom. The molecule has 0 aliphatic carbocycles. The van der Waals surface area contributed by atoms with Crippen molar-refractivity contribution in [3.8, 4) is 16.2 Å². The molecule has 0 unspecified atom stereocenters. The van der Waals surface area contributed by atoms with E-state index >= 15 is 0 Å². The van der Waals surface area contributed by atoms with Crippen LogP contribution in [0.1, 0.15) is 29.4 Å². The SMILES string of the molecule is CCC(=O)Oc1c(C(=O)c2ccc(-c3cccs3)cc2)[nH]c2cc(Cl)ccc12. The molecule has 4 aromatic rings. The number of benzene rings is 2. The van der Waals surface area contributed by atoms with Crippen molar-refractivity contribution in [2.45, 2.75) is 13.3 Å². The minimum atomic E-state index is -0.405. The van der Waals surface area contributed by atoms with Crippen LogP contribution in [0, 0.1) is 0 Å². The lowest BCUT2D eigenvalue weighted by Gasteiger charge is -2.06. The van der Waals surface area contributed by atoms with Gasteiger partial charge in [0.1, 0.15) is 5.69 Å². The third-order valence-corrected chi connectivity index (χ3v) is 5.55. The predicted octanol–water partition coefficient (Wildman–Crippen LogP) is 6.10. The number of fused-ring (bicyclic) bond motifs is 1. The molecule has 4 rings (SSSR count). The number of aromatic nitrogens is 1. The van der Waals surface area contributed by atoms with E-state index in [9.17, 15) is 9.59 Å². The molecule has 0 aliphatic rings. The molecule has 0 spiro atoms. The Hall–Kier alpha value is -2.89. The maximum atomic E-state index is 13.1. The average molecular weight is 410 g/mol. The number of thiophene rings is 1. The van der Waals surface area contributed by atoms with E-state index in [0.717, 1.165) is 10.4 Å². The number of hydrogen-bond donors (Lipinski definition) is 1. The number of hydrogen-bond acceptors (Lipinski definition) is 4. The molecule has 6 heteroatoms. The number of carbonyl (C=O) groups excluding carboxylic acids is 2. The van der Waals surface area contributed by atoms with E-state index in [-0.39, 0.29) is 23.6 Å². The van der Waals surface area contributed by atoms with Crippen LogP contribution in [0.2, 0.25) is 5.02 Å². The fourth-order valence-corrected chi connectivity index (χ4v) is 3.87. The lowest BCUT2D eigenvalue weighted by atomic mass is 10.0. The molecule has 28 heavy (non-hydrogen) atoms. The Labute approximate surface area is 170 Å². The first-order valence-electron chi connectivity index (χ1n) is 8.77. The maximum Gasteiger partial charge on any atom is 0.310 e.